The molecule has 1 fully saturated rings. The second-order valence-electron chi connectivity index (χ2n) is 12.9. The Labute approximate surface area is 325 Å². The molecule has 3 amide bonds. The van der Waals surface area contributed by atoms with Gasteiger partial charge in [-0.05, 0) is 47.6 Å². The van der Waals surface area contributed by atoms with Crippen molar-refractivity contribution >= 4 is 47.2 Å². The topological polar surface area (TPSA) is 214 Å². The third kappa shape index (κ3) is 9.49. The van der Waals surface area contributed by atoms with Crippen molar-refractivity contribution in [2.45, 2.75) is 32.0 Å². The van der Waals surface area contributed by atoms with Gasteiger partial charge in [0.05, 0.1) is 34.9 Å². The zero-order valence-electron chi connectivity index (χ0n) is 30.4. The maximum atomic E-state index is 13.8. The highest BCUT2D eigenvalue weighted by atomic mass is 19.1. The van der Waals surface area contributed by atoms with Crippen LogP contribution in [0.15, 0.2) is 104 Å². The van der Waals surface area contributed by atoms with Crippen molar-refractivity contribution < 1.29 is 33.2 Å². The van der Waals surface area contributed by atoms with E-state index in [0.29, 0.717) is 41.1 Å². The molecule has 0 saturated carbocycles. The van der Waals surface area contributed by atoms with Crippen LogP contribution in [0.4, 0.5) is 14.6 Å². The van der Waals surface area contributed by atoms with E-state index >= 15 is 0 Å². The summed E-state index contributed by atoms with van der Waals surface area (Å²) in [6, 6.07) is 16.4. The fourth-order valence-corrected chi connectivity index (χ4v) is 6.20. The van der Waals surface area contributed by atoms with Crippen molar-refractivity contribution in [1.29, 1.82) is 0 Å². The van der Waals surface area contributed by atoms with Gasteiger partial charge in [0.25, 0.3) is 11.8 Å². The number of nitrogens with zero attached hydrogens (tertiary/aromatic N) is 7. The largest absolute Gasteiger partial charge is 0.488 e. The molecule has 6 aromatic rings. The van der Waals surface area contributed by atoms with Crippen molar-refractivity contribution in [3.05, 3.63) is 138 Å². The van der Waals surface area contributed by atoms with E-state index < -0.39 is 30.6 Å². The van der Waals surface area contributed by atoms with Crippen LogP contribution in [0.2, 0.25) is 0 Å². The summed E-state index contributed by atoms with van der Waals surface area (Å²) < 4.78 is 29.0. The van der Waals surface area contributed by atoms with Gasteiger partial charge < -0.3 is 31.3 Å². The number of benzene rings is 2. The van der Waals surface area contributed by atoms with Crippen LogP contribution in [0, 0.1) is 11.6 Å². The van der Waals surface area contributed by atoms with Crippen LogP contribution in [-0.2, 0) is 17.9 Å². The number of nitrogens with two attached hydrogens (primary N) is 1. The molecule has 57 heavy (non-hydrogen) atoms. The average Bonchev–Trinajstić information content (AvgIpc) is 3.63. The van der Waals surface area contributed by atoms with E-state index in [2.05, 4.69) is 37.1 Å². The first kappa shape index (κ1) is 39.8. The first-order chi connectivity index (χ1) is 27.5. The second-order valence-corrected chi connectivity index (χ2v) is 12.9. The normalized spacial score (nSPS) is 13.6. The van der Waals surface area contributed by atoms with Gasteiger partial charge in [0.2, 0.25) is 5.91 Å². The summed E-state index contributed by atoms with van der Waals surface area (Å²) in [5, 5.41) is 28.7. The molecule has 5 heterocycles. The minimum absolute atomic E-state index is 0.0600. The molecule has 1 saturated heterocycles. The molecule has 290 valence electrons. The van der Waals surface area contributed by atoms with Crippen molar-refractivity contribution in [3.63, 3.8) is 0 Å². The molecule has 6 N–H and O–H groups in total. The number of pyridine rings is 2. The fraction of sp³-hybridized carbons (Fsp3) is 0.179. The summed E-state index contributed by atoms with van der Waals surface area (Å²) in [5.41, 5.74) is 10.1. The lowest BCUT2D eigenvalue weighted by molar-refractivity contribution is -0.127. The van der Waals surface area contributed by atoms with Gasteiger partial charge >= 0.3 is 7.12 Å². The number of nitrogen functional groups attached to an aromatic ring is 1. The Balaban J connectivity index is 0.000000232. The molecule has 15 nitrogen and oxygen atoms in total. The molecule has 0 aliphatic carbocycles. The minimum Gasteiger partial charge on any atom is -0.423 e. The molecular weight excluding hydrogens is 737 g/mol. The SMILES string of the molecule is C=CC(=O)N1CCC[C@@H](n2nc(-c3ccc(CNC(=O)c4ccncc4F)cc3)c3c(N)ncnc32)C1.O=C(NCc1ccc(B(O)O)cc1)c1ccncc1F. The highest BCUT2D eigenvalue weighted by Crippen LogP contribution is 2.34. The lowest BCUT2D eigenvalue weighted by atomic mass is 9.80. The van der Waals surface area contributed by atoms with E-state index in [4.69, 9.17) is 20.9 Å². The third-order valence-electron chi connectivity index (χ3n) is 9.19. The highest BCUT2D eigenvalue weighted by Gasteiger charge is 2.28. The quantitative estimate of drug-likeness (QED) is 0.101. The summed E-state index contributed by atoms with van der Waals surface area (Å²) >= 11 is 0. The van der Waals surface area contributed by atoms with E-state index in [1.165, 1.54) is 36.9 Å². The molecule has 0 unspecified atom stereocenters. The Kier molecular flexibility index (Phi) is 12.7. The zero-order valence-corrected chi connectivity index (χ0v) is 30.4. The van der Waals surface area contributed by atoms with Gasteiger partial charge in [0.1, 0.15) is 17.8 Å². The molecule has 0 spiro atoms. The average molecular weight is 775 g/mol. The number of hydrogen-bond acceptors (Lipinski definition) is 11. The maximum Gasteiger partial charge on any atom is 0.488 e. The standard InChI is InChI=1S/C26H25FN8O2.C13H12BFN2O3/c1-2-21(36)34-11-3-4-18(14-34)35-25-22(24(28)31-15-32-25)23(33-35)17-7-5-16(6-8-17)12-30-26(37)19-9-10-29-13-20(19)27;15-12-8-16-6-5-11(12)13(18)17-7-9-1-3-10(4-2-9)14(19)20/h2,5-10,13,15,18H,1,3-4,11-12,14H2,(H,30,37)(H2,28,31,32);1-6,8,19-20H,7H2,(H,17,18)/t18-;/m1./s1. The van der Waals surface area contributed by atoms with Crippen LogP contribution in [0.3, 0.4) is 0 Å². The number of carbonyl (C=O) groups excluding carboxylic acids is 3. The van der Waals surface area contributed by atoms with Crippen LogP contribution in [0.5, 0.6) is 0 Å². The van der Waals surface area contributed by atoms with Crippen LogP contribution >= 0.6 is 0 Å². The van der Waals surface area contributed by atoms with E-state index in [1.54, 1.807) is 29.2 Å². The van der Waals surface area contributed by atoms with Crippen molar-refractivity contribution in [3.8, 4) is 11.3 Å². The number of amides is 3. The van der Waals surface area contributed by atoms with E-state index in [9.17, 15) is 23.2 Å². The van der Waals surface area contributed by atoms with Gasteiger partial charge in [0, 0.05) is 44.1 Å². The van der Waals surface area contributed by atoms with Crippen molar-refractivity contribution in [2.24, 2.45) is 0 Å². The summed E-state index contributed by atoms with van der Waals surface area (Å²) in [4.78, 5) is 53.9. The van der Waals surface area contributed by atoms with Crippen molar-refractivity contribution in [1.82, 2.24) is 45.2 Å². The van der Waals surface area contributed by atoms with Gasteiger partial charge in [-0.3, -0.25) is 24.4 Å². The van der Waals surface area contributed by atoms with E-state index in [-0.39, 0.29) is 36.2 Å². The first-order valence-electron chi connectivity index (χ1n) is 17.7. The number of halogens is 2. The summed E-state index contributed by atoms with van der Waals surface area (Å²) in [6.07, 6.45) is 9.11. The third-order valence-corrected chi connectivity index (χ3v) is 9.19. The Hall–Kier alpha value is -6.92. The number of anilines is 1. The number of likely N-dealkylation sites (tertiary alicyclic amines) is 1. The first-order valence-corrected chi connectivity index (χ1v) is 17.7. The maximum absolute atomic E-state index is 13.8. The molecule has 2 aromatic carbocycles. The number of fused-ring (bicyclic) bond motifs is 1. The van der Waals surface area contributed by atoms with Gasteiger partial charge in [-0.25, -0.2) is 23.4 Å². The van der Waals surface area contributed by atoms with Crippen molar-refractivity contribution in [2.75, 3.05) is 18.8 Å². The zero-order chi connectivity index (χ0) is 40.5. The van der Waals surface area contributed by atoms with Crippen LogP contribution in [0.25, 0.3) is 22.3 Å². The molecule has 1 atom stereocenters. The van der Waals surface area contributed by atoms with Gasteiger partial charge in [-0.15, -0.1) is 0 Å². The summed E-state index contributed by atoms with van der Waals surface area (Å²) in [6.45, 7) is 5.20. The Morgan fingerprint density at radius 2 is 1.46 bits per heavy atom. The van der Waals surface area contributed by atoms with Gasteiger partial charge in [-0.2, -0.15) is 5.10 Å². The number of piperidine rings is 1. The lowest BCUT2D eigenvalue weighted by Gasteiger charge is -2.32. The smallest absolute Gasteiger partial charge is 0.423 e. The number of aromatic nitrogens is 6. The fourth-order valence-electron chi connectivity index (χ4n) is 6.20. The monoisotopic (exact) mass is 774 g/mol. The number of carbonyl (C=O) groups is 3. The highest BCUT2D eigenvalue weighted by molar-refractivity contribution is 6.58. The minimum atomic E-state index is -1.52. The summed E-state index contributed by atoms with van der Waals surface area (Å²) in [7, 11) is -1.52. The van der Waals surface area contributed by atoms with Gasteiger partial charge in [0.15, 0.2) is 17.3 Å². The molecule has 4 aromatic heterocycles. The number of hydrogen-bond donors (Lipinski definition) is 5. The molecule has 0 radical (unpaired) electrons. The molecule has 18 heteroatoms. The Morgan fingerprint density at radius 1 is 0.877 bits per heavy atom. The molecule has 1 aliphatic heterocycles. The molecule has 7 rings (SSSR count). The van der Waals surface area contributed by atoms with E-state index in [1.807, 2.05) is 28.9 Å². The Morgan fingerprint density at radius 3 is 2.00 bits per heavy atom. The number of rotatable bonds is 10. The molecule has 1 aliphatic rings. The lowest BCUT2D eigenvalue weighted by Crippen LogP contribution is -2.40. The molecular formula is C39H37BF2N10O5. The predicted octanol–water partition coefficient (Wildman–Crippen LogP) is 2.72. The summed E-state index contributed by atoms with van der Waals surface area (Å²) in [5.74, 6) is -2.19. The number of nitrogens with one attached hydrogen (secondary N) is 2. The van der Waals surface area contributed by atoms with Crippen LogP contribution < -0.4 is 21.8 Å². The van der Waals surface area contributed by atoms with E-state index in [0.717, 1.165) is 41.9 Å². The van der Waals surface area contributed by atoms with Crippen LogP contribution in [-0.4, -0.2) is 82.6 Å². The van der Waals surface area contributed by atoms with Gasteiger partial charge in [-0.1, -0.05) is 55.1 Å². The Bertz CT molecular complexity index is 2400. The molecule has 0 bridgehead atoms. The second kappa shape index (κ2) is 18.1. The predicted molar refractivity (Wildman–Crippen MR) is 207 cm³/mol. The van der Waals surface area contributed by atoms with Crippen LogP contribution in [0.1, 0.15) is 50.7 Å².